The van der Waals surface area contributed by atoms with Crippen molar-refractivity contribution < 1.29 is 4.74 Å². The minimum atomic E-state index is -0.481. The first kappa shape index (κ1) is 9.92. The number of rotatable bonds is 0. The van der Waals surface area contributed by atoms with Crippen LogP contribution < -0.4 is 10.1 Å². The molecule has 0 bridgehead atoms. The number of benzene rings is 2. The lowest BCUT2D eigenvalue weighted by Crippen LogP contribution is -2.41. The predicted octanol–water partition coefficient (Wildman–Crippen LogP) is 3.05. The Morgan fingerprint density at radius 1 is 1.00 bits per heavy atom. The Labute approximate surface area is 106 Å². The van der Waals surface area contributed by atoms with Crippen molar-refractivity contribution in [3.63, 3.8) is 0 Å². The second-order valence-corrected chi connectivity index (χ2v) is 4.72. The number of ether oxygens (including phenoxy) is 1. The van der Waals surface area contributed by atoms with Crippen molar-refractivity contribution >= 4 is 6.08 Å². The first-order chi connectivity index (χ1) is 8.87. The summed E-state index contributed by atoms with van der Waals surface area (Å²) in [5.74, 6) is 0.934. The Hall–Kier alpha value is -2.06. The molecule has 1 atom stereocenters. The van der Waals surface area contributed by atoms with Crippen molar-refractivity contribution in [2.45, 2.75) is 12.3 Å². The highest BCUT2D eigenvalue weighted by Crippen LogP contribution is 2.39. The van der Waals surface area contributed by atoms with E-state index in [9.17, 15) is 0 Å². The van der Waals surface area contributed by atoms with E-state index in [-0.39, 0.29) is 0 Å². The lowest BCUT2D eigenvalue weighted by Gasteiger charge is -2.32. The summed E-state index contributed by atoms with van der Waals surface area (Å²) in [5, 5.41) is 3.47. The molecule has 2 heteroatoms. The molecule has 0 saturated carbocycles. The quantitative estimate of drug-likeness (QED) is 0.757. The predicted molar refractivity (Wildman–Crippen MR) is 71.1 cm³/mol. The van der Waals surface area contributed by atoms with Crippen LogP contribution in [0.15, 0.2) is 54.6 Å². The third-order valence-corrected chi connectivity index (χ3v) is 3.65. The average molecular weight is 235 g/mol. The zero-order valence-corrected chi connectivity index (χ0v) is 9.89. The smallest absolute Gasteiger partial charge is 0.207 e. The van der Waals surface area contributed by atoms with Gasteiger partial charge in [0.05, 0.1) is 0 Å². The topological polar surface area (TPSA) is 21.3 Å². The van der Waals surface area contributed by atoms with Crippen LogP contribution in [0.3, 0.4) is 0 Å². The minimum Gasteiger partial charge on any atom is -0.464 e. The number of nitrogens with one attached hydrogen (secondary N) is 1. The van der Waals surface area contributed by atoms with Crippen molar-refractivity contribution in [1.29, 1.82) is 0 Å². The van der Waals surface area contributed by atoms with Gasteiger partial charge in [0.15, 0.2) is 0 Å². The summed E-state index contributed by atoms with van der Waals surface area (Å²) < 4.78 is 6.21. The van der Waals surface area contributed by atoms with Gasteiger partial charge in [0.2, 0.25) is 5.72 Å². The molecule has 0 aromatic heterocycles. The number of fused-ring (bicyclic) bond motifs is 3. The van der Waals surface area contributed by atoms with Gasteiger partial charge in [-0.15, -0.1) is 0 Å². The summed E-state index contributed by atoms with van der Waals surface area (Å²) >= 11 is 0. The zero-order chi connectivity index (χ0) is 12.0. The highest BCUT2D eigenvalue weighted by atomic mass is 16.5. The second kappa shape index (κ2) is 3.47. The van der Waals surface area contributed by atoms with Gasteiger partial charge in [0.1, 0.15) is 5.75 Å². The Balaban J connectivity index is 1.86. The molecule has 1 N–H and O–H groups in total. The SMILES string of the molecule is C1=CC2(NCc3ccccc32)Oc2ccccc21. The summed E-state index contributed by atoms with van der Waals surface area (Å²) in [6, 6.07) is 16.5. The Morgan fingerprint density at radius 2 is 1.83 bits per heavy atom. The second-order valence-electron chi connectivity index (χ2n) is 4.72. The van der Waals surface area contributed by atoms with Gasteiger partial charge in [-0.1, -0.05) is 42.5 Å². The summed E-state index contributed by atoms with van der Waals surface area (Å²) in [7, 11) is 0. The standard InChI is InChI=1S/C16H13NO/c1-3-7-14-13(6-1)11-17-16(14)10-9-12-5-2-4-8-15(12)18-16/h1-10,17H,11H2. The maximum absolute atomic E-state index is 6.21. The van der Waals surface area contributed by atoms with Crippen LogP contribution in [-0.4, -0.2) is 0 Å². The molecule has 0 radical (unpaired) electrons. The Bertz CT molecular complexity index is 647. The van der Waals surface area contributed by atoms with Gasteiger partial charge >= 0.3 is 0 Å². The Morgan fingerprint density at radius 3 is 2.83 bits per heavy atom. The van der Waals surface area contributed by atoms with Crippen LogP contribution >= 0.6 is 0 Å². The van der Waals surface area contributed by atoms with E-state index in [2.05, 4.69) is 47.8 Å². The molecule has 2 aliphatic heterocycles. The summed E-state index contributed by atoms with van der Waals surface area (Å²) in [6.45, 7) is 0.850. The highest BCUT2D eigenvalue weighted by molar-refractivity contribution is 5.62. The molecule has 18 heavy (non-hydrogen) atoms. The summed E-state index contributed by atoms with van der Waals surface area (Å²) in [5.41, 5.74) is 3.18. The van der Waals surface area contributed by atoms with Crippen LogP contribution in [0.5, 0.6) is 5.75 Å². The normalized spacial score (nSPS) is 23.6. The van der Waals surface area contributed by atoms with E-state index in [0.29, 0.717) is 0 Å². The monoisotopic (exact) mass is 235 g/mol. The first-order valence-corrected chi connectivity index (χ1v) is 6.18. The molecule has 2 aromatic carbocycles. The van der Waals surface area contributed by atoms with Crippen molar-refractivity contribution in [3.05, 3.63) is 71.3 Å². The maximum Gasteiger partial charge on any atom is 0.207 e. The van der Waals surface area contributed by atoms with Crippen LogP contribution in [0.1, 0.15) is 16.7 Å². The lowest BCUT2D eigenvalue weighted by atomic mass is 9.98. The molecule has 2 heterocycles. The van der Waals surface area contributed by atoms with E-state index in [1.807, 2.05) is 18.2 Å². The van der Waals surface area contributed by atoms with E-state index in [1.54, 1.807) is 0 Å². The van der Waals surface area contributed by atoms with Gasteiger partial charge in [0, 0.05) is 17.7 Å². The molecular formula is C16H13NO. The van der Waals surface area contributed by atoms with Gasteiger partial charge in [0.25, 0.3) is 0 Å². The van der Waals surface area contributed by atoms with Crippen molar-refractivity contribution in [3.8, 4) is 5.75 Å². The molecule has 0 fully saturated rings. The molecular weight excluding hydrogens is 222 g/mol. The molecule has 1 spiro atoms. The van der Waals surface area contributed by atoms with E-state index in [0.717, 1.165) is 17.9 Å². The van der Waals surface area contributed by atoms with Crippen LogP contribution in [0.4, 0.5) is 0 Å². The number of hydrogen-bond acceptors (Lipinski definition) is 2. The summed E-state index contributed by atoms with van der Waals surface area (Å²) in [6.07, 6.45) is 4.25. The van der Waals surface area contributed by atoms with Gasteiger partial charge in [-0.25, -0.2) is 0 Å². The molecule has 0 saturated heterocycles. The Kier molecular flexibility index (Phi) is 1.91. The van der Waals surface area contributed by atoms with Gasteiger partial charge in [-0.3, -0.25) is 5.32 Å². The van der Waals surface area contributed by atoms with E-state index in [1.165, 1.54) is 11.1 Å². The maximum atomic E-state index is 6.21. The fourth-order valence-electron chi connectivity index (χ4n) is 2.72. The fraction of sp³-hybridized carbons (Fsp3) is 0.125. The molecule has 2 nitrogen and oxygen atoms in total. The molecule has 2 aromatic rings. The lowest BCUT2D eigenvalue weighted by molar-refractivity contribution is 0.0893. The molecule has 1 unspecified atom stereocenters. The third kappa shape index (κ3) is 1.27. The largest absolute Gasteiger partial charge is 0.464 e. The van der Waals surface area contributed by atoms with Crippen molar-refractivity contribution in [2.24, 2.45) is 0 Å². The van der Waals surface area contributed by atoms with Crippen LogP contribution in [-0.2, 0) is 12.3 Å². The fourth-order valence-corrected chi connectivity index (χ4v) is 2.72. The van der Waals surface area contributed by atoms with Crippen molar-refractivity contribution in [1.82, 2.24) is 5.32 Å². The molecule has 88 valence electrons. The van der Waals surface area contributed by atoms with Crippen LogP contribution in [0, 0.1) is 0 Å². The minimum absolute atomic E-state index is 0.481. The zero-order valence-electron chi connectivity index (χ0n) is 9.89. The van der Waals surface area contributed by atoms with E-state index < -0.39 is 5.72 Å². The van der Waals surface area contributed by atoms with E-state index in [4.69, 9.17) is 4.74 Å². The van der Waals surface area contributed by atoms with Crippen LogP contribution in [0.25, 0.3) is 6.08 Å². The molecule has 0 amide bonds. The summed E-state index contributed by atoms with van der Waals surface area (Å²) in [4.78, 5) is 0. The van der Waals surface area contributed by atoms with Gasteiger partial charge < -0.3 is 4.74 Å². The molecule has 4 rings (SSSR count). The number of para-hydroxylation sites is 1. The van der Waals surface area contributed by atoms with Crippen LogP contribution in [0.2, 0.25) is 0 Å². The number of hydrogen-bond donors (Lipinski definition) is 1. The first-order valence-electron chi connectivity index (χ1n) is 6.18. The highest BCUT2D eigenvalue weighted by Gasteiger charge is 2.40. The van der Waals surface area contributed by atoms with Crippen molar-refractivity contribution in [2.75, 3.05) is 0 Å². The van der Waals surface area contributed by atoms with E-state index >= 15 is 0 Å². The average Bonchev–Trinajstić information content (AvgIpc) is 2.78. The van der Waals surface area contributed by atoms with Gasteiger partial charge in [-0.05, 0) is 23.8 Å². The molecule has 2 aliphatic rings. The third-order valence-electron chi connectivity index (χ3n) is 3.65. The molecule has 0 aliphatic carbocycles. The van der Waals surface area contributed by atoms with Gasteiger partial charge in [-0.2, -0.15) is 0 Å².